The van der Waals surface area contributed by atoms with E-state index in [0.717, 1.165) is 23.6 Å². The summed E-state index contributed by atoms with van der Waals surface area (Å²) >= 11 is 0. The van der Waals surface area contributed by atoms with Crippen LogP contribution < -0.4 is 10.6 Å². The normalized spacial score (nSPS) is 21.2. The quantitative estimate of drug-likeness (QED) is 0.597. The summed E-state index contributed by atoms with van der Waals surface area (Å²) in [6, 6.07) is 20.4. The van der Waals surface area contributed by atoms with Crippen molar-refractivity contribution in [2.75, 3.05) is 6.54 Å². The lowest BCUT2D eigenvalue weighted by Gasteiger charge is -2.21. The Bertz CT molecular complexity index is 583. The number of rotatable bonds is 6. The molecule has 0 radical (unpaired) electrons. The molecular formula is C18H22NOP. The third-order valence-electron chi connectivity index (χ3n) is 4.15. The first-order valence-corrected chi connectivity index (χ1v) is 9.41. The van der Waals surface area contributed by atoms with Crippen molar-refractivity contribution in [1.82, 2.24) is 4.67 Å². The summed E-state index contributed by atoms with van der Waals surface area (Å²) in [7, 11) is -2.65. The summed E-state index contributed by atoms with van der Waals surface area (Å²) in [4.78, 5) is 0. The highest BCUT2D eigenvalue weighted by Gasteiger charge is 2.48. The molecule has 0 aliphatic carbocycles. The van der Waals surface area contributed by atoms with Crippen molar-refractivity contribution in [3.05, 3.63) is 60.7 Å². The molecule has 21 heavy (non-hydrogen) atoms. The van der Waals surface area contributed by atoms with Crippen molar-refractivity contribution in [2.24, 2.45) is 0 Å². The van der Waals surface area contributed by atoms with E-state index in [0.29, 0.717) is 6.04 Å². The third-order valence-corrected chi connectivity index (χ3v) is 7.36. The second kappa shape index (κ2) is 6.17. The highest BCUT2D eigenvalue weighted by molar-refractivity contribution is 7.76. The van der Waals surface area contributed by atoms with E-state index in [1.165, 1.54) is 12.8 Å². The highest BCUT2D eigenvalue weighted by atomic mass is 31.2. The van der Waals surface area contributed by atoms with Crippen molar-refractivity contribution in [2.45, 2.75) is 32.2 Å². The Balaban J connectivity index is 1.96. The van der Waals surface area contributed by atoms with Crippen LogP contribution in [0.1, 0.15) is 26.2 Å². The van der Waals surface area contributed by atoms with E-state index in [-0.39, 0.29) is 0 Å². The molecular weight excluding hydrogens is 277 g/mol. The molecule has 1 heterocycles. The van der Waals surface area contributed by atoms with Gasteiger partial charge in [-0.3, -0.25) is 4.57 Å². The van der Waals surface area contributed by atoms with Crippen LogP contribution in [0.3, 0.4) is 0 Å². The molecule has 1 saturated heterocycles. The first kappa shape index (κ1) is 14.6. The molecule has 1 aliphatic heterocycles. The van der Waals surface area contributed by atoms with E-state index in [9.17, 15) is 4.57 Å². The largest absolute Gasteiger partial charge is 0.296 e. The summed E-state index contributed by atoms with van der Waals surface area (Å²) < 4.78 is 16.1. The van der Waals surface area contributed by atoms with E-state index >= 15 is 0 Å². The molecule has 1 aliphatic rings. The molecule has 1 fully saturated rings. The molecule has 0 spiro atoms. The molecule has 2 atom stereocenters. The Morgan fingerprint density at radius 3 is 2.00 bits per heavy atom. The molecule has 1 unspecified atom stereocenters. The minimum Gasteiger partial charge on any atom is -0.296 e. The van der Waals surface area contributed by atoms with Crippen molar-refractivity contribution >= 4 is 17.9 Å². The van der Waals surface area contributed by atoms with Gasteiger partial charge >= 0.3 is 0 Å². The fraction of sp³-hybridized carbons (Fsp3) is 0.333. The van der Waals surface area contributed by atoms with Gasteiger partial charge in [0.2, 0.25) is 7.29 Å². The molecule has 0 aromatic heterocycles. The SMILES string of the molecule is CCCC[C@H]1CN1P(=O)(c1ccccc1)c1ccccc1. The number of unbranched alkanes of at least 4 members (excludes halogenated alkanes) is 1. The van der Waals surface area contributed by atoms with Gasteiger partial charge in [0.15, 0.2) is 0 Å². The minimum absolute atomic E-state index is 0.483. The molecule has 0 saturated carbocycles. The van der Waals surface area contributed by atoms with Gasteiger partial charge in [0.1, 0.15) is 0 Å². The summed E-state index contributed by atoms with van der Waals surface area (Å²) in [5.41, 5.74) is 0. The average molecular weight is 299 g/mol. The van der Waals surface area contributed by atoms with Gasteiger partial charge in [0.05, 0.1) is 0 Å². The molecule has 2 aromatic rings. The number of hydrogen-bond acceptors (Lipinski definition) is 1. The van der Waals surface area contributed by atoms with Gasteiger partial charge in [-0.25, -0.2) is 4.67 Å². The fourth-order valence-corrected chi connectivity index (χ4v) is 5.94. The topological polar surface area (TPSA) is 20.1 Å². The van der Waals surface area contributed by atoms with Crippen LogP contribution in [0.15, 0.2) is 60.7 Å². The molecule has 2 nitrogen and oxygen atoms in total. The average Bonchev–Trinajstić information content (AvgIpc) is 3.34. The zero-order chi connectivity index (χ0) is 14.7. The smallest absolute Gasteiger partial charge is 0.207 e. The maximum atomic E-state index is 13.9. The number of hydrogen-bond donors (Lipinski definition) is 0. The Labute approximate surface area is 127 Å². The van der Waals surface area contributed by atoms with E-state index in [2.05, 4.69) is 11.6 Å². The van der Waals surface area contributed by atoms with E-state index in [1.807, 2.05) is 60.7 Å². The van der Waals surface area contributed by atoms with E-state index < -0.39 is 7.29 Å². The van der Waals surface area contributed by atoms with Crippen LogP contribution in [-0.2, 0) is 4.57 Å². The summed E-state index contributed by atoms with van der Waals surface area (Å²) in [5.74, 6) is 0. The Morgan fingerprint density at radius 2 is 1.52 bits per heavy atom. The fourth-order valence-electron chi connectivity index (χ4n) is 2.90. The van der Waals surface area contributed by atoms with Crippen molar-refractivity contribution in [3.8, 4) is 0 Å². The van der Waals surface area contributed by atoms with Crippen molar-refractivity contribution in [1.29, 1.82) is 0 Å². The Kier molecular flexibility index (Phi) is 4.28. The standard InChI is InChI=1S/C18H22NOP/c1-2-3-10-16-15-19(16)21(20,17-11-6-4-7-12-17)18-13-8-5-9-14-18/h4-9,11-14,16H,2-3,10,15H2,1H3/t16-,19?/m0/s1. The maximum absolute atomic E-state index is 13.9. The number of nitrogens with zero attached hydrogens (tertiary/aromatic N) is 1. The maximum Gasteiger partial charge on any atom is 0.207 e. The van der Waals surface area contributed by atoms with Gasteiger partial charge < -0.3 is 0 Å². The lowest BCUT2D eigenvalue weighted by atomic mass is 10.2. The number of benzene rings is 2. The highest BCUT2D eigenvalue weighted by Crippen LogP contribution is 2.55. The monoisotopic (exact) mass is 299 g/mol. The van der Waals surface area contributed by atoms with Gasteiger partial charge in [-0.15, -0.1) is 0 Å². The van der Waals surface area contributed by atoms with Gasteiger partial charge in [-0.1, -0.05) is 56.2 Å². The second-order valence-electron chi connectivity index (χ2n) is 5.67. The summed E-state index contributed by atoms with van der Waals surface area (Å²) in [6.07, 6.45) is 3.57. The van der Waals surface area contributed by atoms with Crippen LogP contribution >= 0.6 is 7.29 Å². The first-order valence-electron chi connectivity index (χ1n) is 7.75. The van der Waals surface area contributed by atoms with Crippen LogP contribution in [0, 0.1) is 0 Å². The molecule has 0 amide bonds. The summed E-state index contributed by atoms with van der Waals surface area (Å²) in [6.45, 7) is 3.17. The first-order chi connectivity index (χ1) is 10.3. The van der Waals surface area contributed by atoms with E-state index in [4.69, 9.17) is 0 Å². The van der Waals surface area contributed by atoms with Crippen LogP contribution in [0.2, 0.25) is 0 Å². The molecule has 3 rings (SSSR count). The van der Waals surface area contributed by atoms with Gasteiger partial charge in [0.25, 0.3) is 0 Å². The van der Waals surface area contributed by atoms with Crippen molar-refractivity contribution in [3.63, 3.8) is 0 Å². The van der Waals surface area contributed by atoms with Gasteiger partial charge in [0, 0.05) is 23.2 Å². The lowest BCUT2D eigenvalue weighted by Crippen LogP contribution is -2.22. The zero-order valence-electron chi connectivity index (χ0n) is 12.5. The Morgan fingerprint density at radius 1 is 1.00 bits per heavy atom. The minimum atomic E-state index is -2.65. The lowest BCUT2D eigenvalue weighted by molar-refractivity contribution is 0.550. The van der Waals surface area contributed by atoms with Crippen LogP contribution in [0.4, 0.5) is 0 Å². The van der Waals surface area contributed by atoms with Crippen LogP contribution in [0.25, 0.3) is 0 Å². The molecule has 3 heteroatoms. The van der Waals surface area contributed by atoms with Gasteiger partial charge in [-0.2, -0.15) is 0 Å². The van der Waals surface area contributed by atoms with Crippen LogP contribution in [0.5, 0.6) is 0 Å². The molecule has 110 valence electrons. The predicted octanol–water partition coefficient (Wildman–Crippen LogP) is 3.79. The van der Waals surface area contributed by atoms with E-state index in [1.54, 1.807) is 0 Å². The van der Waals surface area contributed by atoms with Crippen LogP contribution in [-0.4, -0.2) is 17.3 Å². The molecule has 0 N–H and O–H groups in total. The molecule has 0 bridgehead atoms. The zero-order valence-corrected chi connectivity index (χ0v) is 13.4. The molecule has 2 aromatic carbocycles. The van der Waals surface area contributed by atoms with Crippen molar-refractivity contribution < 1.29 is 4.57 Å². The second-order valence-corrected chi connectivity index (χ2v) is 8.36. The summed E-state index contributed by atoms with van der Waals surface area (Å²) in [5, 5.41) is 1.91. The Hall–Kier alpha value is -1.37. The van der Waals surface area contributed by atoms with Gasteiger partial charge in [-0.05, 0) is 30.7 Å². The third kappa shape index (κ3) is 2.84. The predicted molar refractivity (Wildman–Crippen MR) is 89.8 cm³/mol.